The lowest BCUT2D eigenvalue weighted by molar-refractivity contribution is 0.108. The Bertz CT molecular complexity index is 1960. The second kappa shape index (κ2) is 9.93. The quantitative estimate of drug-likeness (QED) is 0.344. The van der Waals surface area contributed by atoms with Crippen LogP contribution in [0.2, 0.25) is 0 Å². The first-order valence-electron chi connectivity index (χ1n) is 16.0. The van der Waals surface area contributed by atoms with Crippen LogP contribution < -0.4 is 20.5 Å². The molecule has 2 bridgehead atoms. The molecule has 43 heavy (non-hydrogen) atoms. The van der Waals surface area contributed by atoms with E-state index < -0.39 is 23.5 Å². The van der Waals surface area contributed by atoms with E-state index in [2.05, 4.69) is 26.0 Å². The summed E-state index contributed by atoms with van der Waals surface area (Å²) in [7, 11) is 0. The van der Waals surface area contributed by atoms with Crippen LogP contribution in [0.5, 0.6) is 11.8 Å². The number of phenolic OH excluding ortho intramolecular Hbond substituents is 1. The van der Waals surface area contributed by atoms with Gasteiger partial charge >= 0.3 is 6.01 Å². The standard InChI is InChI=1S/C33H33FN6O3/c1-2-24-26(34)8-5-20-15-23(41)16-27(28(20)24)39-14-9-25-29(31(39)42)36-32(43-19-33-10-3-12-38(33)13-4-11-33)37-30(25)40-18-21-6-7-22(40)17-35-21/h1,5,8-9,14-16,21-22,35,41H,3-4,6-7,10-13,17-19H2/i19D2. The Morgan fingerprint density at radius 3 is 2.77 bits per heavy atom. The fraction of sp³-hybridized carbons (Fsp3) is 0.424. The Morgan fingerprint density at radius 1 is 1.21 bits per heavy atom. The van der Waals surface area contributed by atoms with E-state index in [9.17, 15) is 14.3 Å². The van der Waals surface area contributed by atoms with Gasteiger partial charge in [-0.1, -0.05) is 12.0 Å². The number of pyridine rings is 1. The van der Waals surface area contributed by atoms with Crippen molar-refractivity contribution in [2.45, 2.75) is 56.1 Å². The summed E-state index contributed by atoms with van der Waals surface area (Å²) in [6, 6.07) is 7.53. The van der Waals surface area contributed by atoms with Crippen molar-refractivity contribution in [1.29, 1.82) is 0 Å². The van der Waals surface area contributed by atoms with Gasteiger partial charge in [0.25, 0.3) is 5.56 Å². The topological polar surface area (TPSA) is 95.8 Å². The van der Waals surface area contributed by atoms with E-state index in [4.69, 9.17) is 18.9 Å². The molecule has 7 heterocycles. The number of piperidine rings is 2. The van der Waals surface area contributed by atoms with Gasteiger partial charge in [0.2, 0.25) is 0 Å². The number of hydrogen-bond acceptors (Lipinski definition) is 8. The van der Waals surface area contributed by atoms with E-state index in [1.165, 1.54) is 28.8 Å². The average Bonchev–Trinajstić information content (AvgIpc) is 3.65. The minimum Gasteiger partial charge on any atom is -0.508 e. The minimum absolute atomic E-state index is 0.0242. The van der Waals surface area contributed by atoms with Crippen molar-refractivity contribution in [3.63, 3.8) is 0 Å². The molecule has 5 fully saturated rings. The van der Waals surface area contributed by atoms with Gasteiger partial charge < -0.3 is 20.1 Å². The predicted molar refractivity (Wildman–Crippen MR) is 163 cm³/mol. The molecule has 5 aliphatic rings. The molecule has 2 aromatic heterocycles. The summed E-state index contributed by atoms with van der Waals surface area (Å²) in [5.74, 6) is 2.18. The van der Waals surface area contributed by atoms with Crippen molar-refractivity contribution < 1.29 is 17.0 Å². The van der Waals surface area contributed by atoms with Gasteiger partial charge in [0.15, 0.2) is 0 Å². The van der Waals surface area contributed by atoms with Gasteiger partial charge in [-0.05, 0) is 75.2 Å². The molecule has 9 rings (SSSR count). The van der Waals surface area contributed by atoms with Crippen LogP contribution in [0.1, 0.15) is 46.8 Å². The number of fused-ring (bicyclic) bond motifs is 6. The zero-order valence-electron chi connectivity index (χ0n) is 25.6. The lowest BCUT2D eigenvalue weighted by Crippen LogP contribution is -2.61. The first-order chi connectivity index (χ1) is 21.7. The average molecular weight is 583 g/mol. The SMILES string of the molecule is [2H]C([2H])(Oc1nc(N2CC3CCC2CN3)c2ccn(-c3cc(O)cc4ccc(F)c(C#C)c34)c(=O)c2n1)C12CCCN1CCC2. The molecular formula is C33H33FN6O3. The highest BCUT2D eigenvalue weighted by atomic mass is 19.1. The lowest BCUT2D eigenvalue weighted by Gasteiger charge is -2.46. The summed E-state index contributed by atoms with van der Waals surface area (Å²) >= 11 is 0. The molecule has 10 heteroatoms. The van der Waals surface area contributed by atoms with Crippen LogP contribution >= 0.6 is 0 Å². The number of benzene rings is 2. The number of aromatic hydroxyl groups is 1. The van der Waals surface area contributed by atoms with Crippen molar-refractivity contribution >= 4 is 27.5 Å². The van der Waals surface area contributed by atoms with Gasteiger partial charge in [-0.3, -0.25) is 14.3 Å². The smallest absolute Gasteiger partial charge is 0.319 e. The predicted octanol–water partition coefficient (Wildman–Crippen LogP) is 3.71. The molecule has 0 spiro atoms. The summed E-state index contributed by atoms with van der Waals surface area (Å²) < 4.78 is 40.5. The summed E-state index contributed by atoms with van der Waals surface area (Å²) in [6.07, 6.45) is 12.4. The van der Waals surface area contributed by atoms with Crippen LogP contribution in [0.4, 0.5) is 10.2 Å². The van der Waals surface area contributed by atoms with Crippen molar-refractivity contribution in [2.75, 3.05) is 37.6 Å². The van der Waals surface area contributed by atoms with Gasteiger partial charge in [-0.25, -0.2) is 4.39 Å². The molecule has 0 saturated carbocycles. The molecule has 0 radical (unpaired) electrons. The fourth-order valence-corrected chi connectivity index (χ4v) is 7.65. The number of phenols is 1. The summed E-state index contributed by atoms with van der Waals surface area (Å²) in [5.41, 5.74) is -1.11. The van der Waals surface area contributed by atoms with Crippen molar-refractivity contribution in [3.8, 4) is 29.8 Å². The summed E-state index contributed by atoms with van der Waals surface area (Å²) in [4.78, 5) is 28.1. The van der Waals surface area contributed by atoms with Crippen LogP contribution in [0.3, 0.4) is 0 Å². The Balaban J connectivity index is 1.33. The van der Waals surface area contributed by atoms with Crippen LogP contribution in [0.25, 0.3) is 27.4 Å². The molecule has 0 amide bonds. The number of piperazine rings is 1. The minimum atomic E-state index is -2.10. The Labute approximate surface area is 251 Å². The summed E-state index contributed by atoms with van der Waals surface area (Å²) in [5, 5.41) is 15.4. The van der Waals surface area contributed by atoms with E-state index in [1.54, 1.807) is 12.3 Å². The third-order valence-corrected chi connectivity index (χ3v) is 9.75. The number of rotatable bonds is 5. The van der Waals surface area contributed by atoms with Crippen molar-refractivity contribution in [1.82, 2.24) is 24.8 Å². The largest absolute Gasteiger partial charge is 0.508 e. The van der Waals surface area contributed by atoms with E-state index in [0.29, 0.717) is 41.4 Å². The normalized spacial score (nSPS) is 23.8. The Hall–Kier alpha value is -4.20. The van der Waals surface area contributed by atoms with E-state index >= 15 is 0 Å². The maximum atomic E-state index is 14.9. The Morgan fingerprint density at radius 2 is 2.05 bits per heavy atom. The second-order valence-electron chi connectivity index (χ2n) is 12.1. The third kappa shape index (κ3) is 4.17. The molecule has 5 saturated heterocycles. The number of anilines is 1. The highest BCUT2D eigenvalue weighted by Crippen LogP contribution is 2.40. The molecule has 220 valence electrons. The molecule has 5 aliphatic heterocycles. The van der Waals surface area contributed by atoms with Crippen LogP contribution in [-0.2, 0) is 0 Å². The third-order valence-electron chi connectivity index (χ3n) is 9.75. The number of nitrogens with zero attached hydrogens (tertiary/aromatic N) is 5. The maximum absolute atomic E-state index is 14.9. The first-order valence-corrected chi connectivity index (χ1v) is 15.0. The molecule has 2 unspecified atom stereocenters. The number of ether oxygens (including phenoxy) is 1. The highest BCUT2D eigenvalue weighted by Gasteiger charge is 2.45. The highest BCUT2D eigenvalue weighted by molar-refractivity contribution is 5.97. The van der Waals surface area contributed by atoms with Gasteiger partial charge in [-0.15, -0.1) is 6.42 Å². The van der Waals surface area contributed by atoms with Crippen LogP contribution in [-0.4, -0.2) is 74.9 Å². The zero-order valence-corrected chi connectivity index (χ0v) is 23.6. The molecule has 9 nitrogen and oxygen atoms in total. The number of hydrogen-bond donors (Lipinski definition) is 2. The summed E-state index contributed by atoms with van der Waals surface area (Å²) in [6.45, 7) is 1.00. The van der Waals surface area contributed by atoms with E-state index in [-0.39, 0.29) is 40.6 Å². The molecule has 4 aromatic rings. The van der Waals surface area contributed by atoms with Gasteiger partial charge in [-0.2, -0.15) is 9.97 Å². The number of nitrogens with one attached hydrogen (secondary N) is 1. The van der Waals surface area contributed by atoms with Gasteiger partial charge in [0.05, 0.1) is 24.9 Å². The number of terminal acetylenes is 1. The van der Waals surface area contributed by atoms with E-state index in [0.717, 1.165) is 45.3 Å². The van der Waals surface area contributed by atoms with E-state index in [1.807, 2.05) is 0 Å². The Kier molecular flexibility index (Phi) is 5.60. The molecule has 2 N–H and O–H groups in total. The molecule has 0 aliphatic carbocycles. The zero-order chi connectivity index (χ0) is 31.1. The number of aromatic nitrogens is 3. The van der Waals surface area contributed by atoms with Gasteiger partial charge in [0, 0.05) is 42.8 Å². The lowest BCUT2D eigenvalue weighted by atomic mass is 9.93. The maximum Gasteiger partial charge on any atom is 0.319 e. The number of halogens is 1. The first kappa shape index (κ1) is 24.3. The molecule has 2 aromatic carbocycles. The fourth-order valence-electron chi connectivity index (χ4n) is 7.65. The monoisotopic (exact) mass is 582 g/mol. The molecule has 2 atom stereocenters. The van der Waals surface area contributed by atoms with Crippen LogP contribution in [0.15, 0.2) is 41.3 Å². The molecular weight excluding hydrogens is 547 g/mol. The van der Waals surface area contributed by atoms with Crippen molar-refractivity contribution in [2.24, 2.45) is 0 Å². The van der Waals surface area contributed by atoms with Crippen molar-refractivity contribution in [3.05, 3.63) is 58.3 Å². The second-order valence-corrected chi connectivity index (χ2v) is 12.1. The van der Waals surface area contributed by atoms with Crippen LogP contribution in [0, 0.1) is 18.2 Å². The van der Waals surface area contributed by atoms with Gasteiger partial charge in [0.1, 0.15) is 29.5 Å².